The number of aliphatic hydroxyl groups excluding tert-OH is 1. The Hall–Kier alpha value is -3.72. The van der Waals surface area contributed by atoms with Gasteiger partial charge in [-0.15, -0.1) is 0 Å². The zero-order valence-corrected chi connectivity index (χ0v) is 17.7. The lowest BCUT2D eigenvalue weighted by atomic mass is 10.1. The minimum atomic E-state index is -0.398. The summed E-state index contributed by atoms with van der Waals surface area (Å²) in [6.07, 6.45) is 0.378. The van der Waals surface area contributed by atoms with Crippen molar-refractivity contribution in [3.63, 3.8) is 0 Å². The van der Waals surface area contributed by atoms with Crippen LogP contribution < -0.4 is 25.1 Å². The Morgan fingerprint density at radius 1 is 1.19 bits per heavy atom. The first-order valence-corrected chi connectivity index (χ1v) is 10.3. The molecule has 0 saturated carbocycles. The molecule has 0 saturated heterocycles. The number of amides is 2. The highest BCUT2D eigenvalue weighted by molar-refractivity contribution is 5.91. The molecular formula is C23H25N3O6. The minimum Gasteiger partial charge on any atom is -0.495 e. The topological polar surface area (TPSA) is 113 Å². The van der Waals surface area contributed by atoms with Gasteiger partial charge < -0.3 is 34.5 Å². The van der Waals surface area contributed by atoms with Gasteiger partial charge in [0.15, 0.2) is 11.5 Å². The first-order valence-electron chi connectivity index (χ1n) is 10.3. The summed E-state index contributed by atoms with van der Waals surface area (Å²) in [4.78, 5) is 30.1. The number of urea groups is 1. The first-order chi connectivity index (χ1) is 15.6. The molecule has 3 N–H and O–H groups in total. The van der Waals surface area contributed by atoms with Crippen molar-refractivity contribution in [1.29, 1.82) is 0 Å². The van der Waals surface area contributed by atoms with E-state index in [1.54, 1.807) is 36.4 Å². The van der Waals surface area contributed by atoms with E-state index in [-0.39, 0.29) is 25.3 Å². The van der Waals surface area contributed by atoms with Gasteiger partial charge in [-0.2, -0.15) is 0 Å². The number of anilines is 1. The molecule has 9 heteroatoms. The third-order valence-electron chi connectivity index (χ3n) is 5.17. The number of H-pyrrole nitrogens is 1. The number of nitrogens with zero attached hydrogens (tertiary/aromatic N) is 1. The number of hydrogen-bond acceptors (Lipinski definition) is 6. The Kier molecular flexibility index (Phi) is 6.46. The molecule has 1 aliphatic rings. The Labute approximate surface area is 184 Å². The van der Waals surface area contributed by atoms with Crippen LogP contribution in [-0.2, 0) is 6.54 Å². The molecule has 0 aliphatic carbocycles. The number of ether oxygens (including phenoxy) is 3. The number of benzene rings is 2. The van der Waals surface area contributed by atoms with E-state index in [1.807, 2.05) is 6.07 Å². The van der Waals surface area contributed by atoms with Gasteiger partial charge in [-0.1, -0.05) is 12.1 Å². The van der Waals surface area contributed by atoms with E-state index in [2.05, 4.69) is 10.3 Å². The van der Waals surface area contributed by atoms with Gasteiger partial charge in [0.2, 0.25) is 0 Å². The number of nitrogens with one attached hydrogen (secondary N) is 2. The van der Waals surface area contributed by atoms with E-state index in [0.29, 0.717) is 53.7 Å². The Balaban J connectivity index is 1.60. The number of rotatable bonds is 7. The average molecular weight is 439 g/mol. The highest BCUT2D eigenvalue weighted by atomic mass is 16.6. The number of hydrogen-bond donors (Lipinski definition) is 3. The lowest BCUT2D eigenvalue weighted by Gasteiger charge is -2.23. The van der Waals surface area contributed by atoms with Crippen LogP contribution in [0.3, 0.4) is 0 Å². The third-order valence-corrected chi connectivity index (χ3v) is 5.17. The van der Waals surface area contributed by atoms with E-state index >= 15 is 0 Å². The third kappa shape index (κ3) is 4.62. The van der Waals surface area contributed by atoms with Gasteiger partial charge >= 0.3 is 6.03 Å². The SMILES string of the molecule is COc1ccccc1NC(=O)N(CCCO)Cc1cc2cc3c(cc2[nH]c1=O)OCCO3. The predicted octanol–water partition coefficient (Wildman–Crippen LogP) is 2.72. The molecule has 4 rings (SSSR count). The molecule has 0 atom stereocenters. The number of fused-ring (bicyclic) bond motifs is 2. The van der Waals surface area contributed by atoms with E-state index in [1.165, 1.54) is 12.0 Å². The maximum Gasteiger partial charge on any atom is 0.322 e. The number of aliphatic hydroxyl groups is 1. The summed E-state index contributed by atoms with van der Waals surface area (Å²) < 4.78 is 16.5. The second-order valence-electron chi connectivity index (χ2n) is 7.34. The first kappa shape index (κ1) is 21.5. The monoisotopic (exact) mass is 439 g/mol. The van der Waals surface area contributed by atoms with E-state index < -0.39 is 6.03 Å². The number of carbonyl (C=O) groups is 1. The summed E-state index contributed by atoms with van der Waals surface area (Å²) in [6, 6.07) is 12.0. The summed E-state index contributed by atoms with van der Waals surface area (Å²) in [5, 5.41) is 12.9. The number of methoxy groups -OCH3 is 1. The average Bonchev–Trinajstić information content (AvgIpc) is 2.81. The zero-order chi connectivity index (χ0) is 22.5. The maximum atomic E-state index is 13.0. The summed E-state index contributed by atoms with van der Waals surface area (Å²) in [5.74, 6) is 1.74. The summed E-state index contributed by atoms with van der Waals surface area (Å²) in [7, 11) is 1.52. The van der Waals surface area contributed by atoms with Crippen LogP contribution >= 0.6 is 0 Å². The molecule has 3 aromatic rings. The summed E-state index contributed by atoms with van der Waals surface area (Å²) in [6.45, 7) is 1.20. The maximum absolute atomic E-state index is 13.0. The van der Waals surface area contributed by atoms with Crippen LogP contribution in [0, 0.1) is 0 Å². The standard InChI is InChI=1S/C23H25N3O6/c1-30-19-6-3-2-5-17(19)25-23(29)26(7-4-8-27)14-16-11-15-12-20-21(32-10-9-31-20)13-18(15)24-22(16)28/h2-3,5-6,11-13,27H,4,7-10,14H2,1H3,(H,24,28)(H,25,29). The molecule has 1 aliphatic heterocycles. The minimum absolute atomic E-state index is 0.0701. The van der Waals surface area contributed by atoms with E-state index in [0.717, 1.165) is 5.39 Å². The number of aromatic nitrogens is 1. The molecule has 0 radical (unpaired) electrons. The molecule has 0 unspecified atom stereocenters. The fraction of sp³-hybridized carbons (Fsp3) is 0.304. The van der Waals surface area contributed by atoms with Crippen molar-refractivity contribution < 1.29 is 24.1 Å². The van der Waals surface area contributed by atoms with E-state index in [4.69, 9.17) is 14.2 Å². The lowest BCUT2D eigenvalue weighted by Crippen LogP contribution is -2.37. The van der Waals surface area contributed by atoms with Crippen LogP contribution in [-0.4, -0.2) is 54.5 Å². The summed E-state index contributed by atoms with van der Waals surface area (Å²) >= 11 is 0. The Morgan fingerprint density at radius 3 is 2.69 bits per heavy atom. The van der Waals surface area contributed by atoms with Crippen molar-refractivity contribution in [3.8, 4) is 17.2 Å². The van der Waals surface area contributed by atoms with Gasteiger partial charge in [-0.3, -0.25) is 4.79 Å². The normalized spacial score (nSPS) is 12.4. The smallest absolute Gasteiger partial charge is 0.322 e. The van der Waals surface area contributed by atoms with Crippen molar-refractivity contribution in [3.05, 3.63) is 58.4 Å². The number of carbonyl (C=O) groups excluding carboxylic acids is 1. The Bertz CT molecular complexity index is 1180. The van der Waals surface area contributed by atoms with Crippen molar-refractivity contribution in [2.75, 3.05) is 38.8 Å². The second kappa shape index (κ2) is 9.61. The number of pyridine rings is 1. The number of aromatic amines is 1. The van der Waals surface area contributed by atoms with Crippen LogP contribution in [0.4, 0.5) is 10.5 Å². The molecule has 2 heterocycles. The fourth-order valence-electron chi connectivity index (χ4n) is 3.57. The van der Waals surface area contributed by atoms with Gasteiger partial charge in [-0.25, -0.2) is 4.79 Å². The molecule has 0 bridgehead atoms. The number of para-hydroxylation sites is 2. The van der Waals surface area contributed by atoms with Crippen molar-refractivity contribution in [2.45, 2.75) is 13.0 Å². The molecule has 2 aromatic carbocycles. The quantitative estimate of drug-likeness (QED) is 0.522. The lowest BCUT2D eigenvalue weighted by molar-refractivity contribution is 0.172. The molecule has 0 spiro atoms. The highest BCUT2D eigenvalue weighted by Crippen LogP contribution is 2.33. The zero-order valence-electron chi connectivity index (χ0n) is 17.7. The molecule has 9 nitrogen and oxygen atoms in total. The van der Waals surface area contributed by atoms with Gasteiger partial charge in [-0.05, 0) is 30.7 Å². The highest BCUT2D eigenvalue weighted by Gasteiger charge is 2.19. The molecule has 1 aromatic heterocycles. The molecule has 2 amide bonds. The van der Waals surface area contributed by atoms with Crippen LogP contribution in [0.15, 0.2) is 47.3 Å². The van der Waals surface area contributed by atoms with Gasteiger partial charge in [0.1, 0.15) is 19.0 Å². The van der Waals surface area contributed by atoms with Crippen molar-refractivity contribution in [2.24, 2.45) is 0 Å². The molecular weight excluding hydrogens is 414 g/mol. The Morgan fingerprint density at radius 2 is 1.94 bits per heavy atom. The molecule has 168 valence electrons. The van der Waals surface area contributed by atoms with Gasteiger partial charge in [0.25, 0.3) is 5.56 Å². The van der Waals surface area contributed by atoms with Crippen LogP contribution in [0.1, 0.15) is 12.0 Å². The van der Waals surface area contributed by atoms with Crippen LogP contribution in [0.5, 0.6) is 17.2 Å². The van der Waals surface area contributed by atoms with Crippen molar-refractivity contribution in [1.82, 2.24) is 9.88 Å². The largest absolute Gasteiger partial charge is 0.495 e. The summed E-state index contributed by atoms with van der Waals surface area (Å²) in [5.41, 5.74) is 1.27. The van der Waals surface area contributed by atoms with Crippen LogP contribution in [0.2, 0.25) is 0 Å². The van der Waals surface area contributed by atoms with Gasteiger partial charge in [0.05, 0.1) is 24.9 Å². The predicted molar refractivity (Wildman–Crippen MR) is 120 cm³/mol. The van der Waals surface area contributed by atoms with Crippen molar-refractivity contribution >= 4 is 22.6 Å². The van der Waals surface area contributed by atoms with E-state index in [9.17, 15) is 14.7 Å². The second-order valence-corrected chi connectivity index (χ2v) is 7.34. The fourth-order valence-corrected chi connectivity index (χ4v) is 3.57. The molecule has 32 heavy (non-hydrogen) atoms. The van der Waals surface area contributed by atoms with Crippen LogP contribution in [0.25, 0.3) is 10.9 Å². The molecule has 0 fully saturated rings. The van der Waals surface area contributed by atoms with Gasteiger partial charge in [0, 0.05) is 30.2 Å².